The summed E-state index contributed by atoms with van der Waals surface area (Å²) in [5, 5.41) is 1.06. The van der Waals surface area contributed by atoms with Crippen molar-refractivity contribution in [2.45, 2.75) is 0 Å². The number of aromatic nitrogens is 1. The molecule has 1 aromatic heterocycles. The molecule has 0 fully saturated rings. The monoisotopic (exact) mass is 188 g/mol. The third kappa shape index (κ3) is 1.51. The van der Waals surface area contributed by atoms with Crippen molar-refractivity contribution in [3.8, 4) is 0 Å². The van der Waals surface area contributed by atoms with Gasteiger partial charge in [0.25, 0.3) is 0 Å². The van der Waals surface area contributed by atoms with Gasteiger partial charge in [0.15, 0.2) is 0 Å². The van der Waals surface area contributed by atoms with Crippen LogP contribution in [0.5, 0.6) is 0 Å². The average Bonchev–Trinajstić information content (AvgIpc) is 2.17. The molecule has 3 heteroatoms. The highest BCUT2D eigenvalue weighted by atomic mass is 32.1. The van der Waals surface area contributed by atoms with Gasteiger partial charge in [-0.15, -0.1) is 0 Å². The molecule has 0 spiro atoms. The molecular formula is C10H8N2S. The van der Waals surface area contributed by atoms with E-state index in [-0.39, 0.29) is 0 Å². The SMILES string of the molecule is NC(=S)c1cnc2ccccc2c1. The van der Waals surface area contributed by atoms with Crippen molar-refractivity contribution < 1.29 is 0 Å². The molecular weight excluding hydrogens is 180 g/mol. The normalized spacial score (nSPS) is 10.2. The van der Waals surface area contributed by atoms with Gasteiger partial charge in [-0.2, -0.15) is 0 Å². The van der Waals surface area contributed by atoms with Crippen LogP contribution < -0.4 is 5.73 Å². The Bertz CT molecular complexity index is 465. The second kappa shape index (κ2) is 3.11. The van der Waals surface area contributed by atoms with E-state index in [1.807, 2.05) is 30.3 Å². The topological polar surface area (TPSA) is 38.9 Å². The Hall–Kier alpha value is -1.48. The lowest BCUT2D eigenvalue weighted by Gasteiger charge is -1.99. The van der Waals surface area contributed by atoms with E-state index >= 15 is 0 Å². The first-order valence-corrected chi connectivity index (χ1v) is 4.33. The number of hydrogen-bond acceptors (Lipinski definition) is 2. The van der Waals surface area contributed by atoms with E-state index in [1.165, 1.54) is 0 Å². The van der Waals surface area contributed by atoms with Crippen LogP contribution >= 0.6 is 12.2 Å². The molecule has 1 heterocycles. The van der Waals surface area contributed by atoms with E-state index in [1.54, 1.807) is 6.20 Å². The van der Waals surface area contributed by atoms with E-state index in [9.17, 15) is 0 Å². The lowest BCUT2D eigenvalue weighted by molar-refractivity contribution is 1.39. The van der Waals surface area contributed by atoms with Gasteiger partial charge in [-0.05, 0) is 12.1 Å². The largest absolute Gasteiger partial charge is 0.389 e. The van der Waals surface area contributed by atoms with E-state index < -0.39 is 0 Å². The molecule has 0 aliphatic rings. The molecule has 0 aliphatic heterocycles. The number of pyridine rings is 1. The second-order valence-corrected chi connectivity index (χ2v) is 3.22. The third-order valence-electron chi connectivity index (χ3n) is 1.87. The van der Waals surface area contributed by atoms with E-state index in [0.29, 0.717) is 4.99 Å². The Morgan fingerprint density at radius 3 is 2.85 bits per heavy atom. The average molecular weight is 188 g/mol. The smallest absolute Gasteiger partial charge is 0.105 e. The van der Waals surface area contributed by atoms with Crippen molar-refractivity contribution in [3.63, 3.8) is 0 Å². The van der Waals surface area contributed by atoms with Gasteiger partial charge in [-0.1, -0.05) is 30.4 Å². The molecule has 2 N–H and O–H groups in total. The van der Waals surface area contributed by atoms with Crippen LogP contribution in [0.3, 0.4) is 0 Å². The summed E-state index contributed by atoms with van der Waals surface area (Å²) in [6, 6.07) is 9.82. The molecule has 0 saturated carbocycles. The molecule has 0 amide bonds. The molecule has 0 aliphatic carbocycles. The van der Waals surface area contributed by atoms with Gasteiger partial charge >= 0.3 is 0 Å². The molecule has 0 radical (unpaired) electrons. The van der Waals surface area contributed by atoms with Gasteiger partial charge in [-0.25, -0.2) is 0 Å². The highest BCUT2D eigenvalue weighted by Gasteiger charge is 1.98. The van der Waals surface area contributed by atoms with Crippen LogP contribution in [-0.2, 0) is 0 Å². The van der Waals surface area contributed by atoms with Crippen LogP contribution in [0.1, 0.15) is 5.56 Å². The number of benzene rings is 1. The first-order chi connectivity index (χ1) is 6.27. The highest BCUT2D eigenvalue weighted by molar-refractivity contribution is 7.80. The minimum Gasteiger partial charge on any atom is -0.389 e. The lowest BCUT2D eigenvalue weighted by atomic mass is 10.1. The molecule has 64 valence electrons. The Balaban J connectivity index is 2.69. The van der Waals surface area contributed by atoms with Gasteiger partial charge in [0.2, 0.25) is 0 Å². The summed E-state index contributed by atoms with van der Waals surface area (Å²) in [4.78, 5) is 4.62. The fourth-order valence-corrected chi connectivity index (χ4v) is 1.32. The minimum absolute atomic E-state index is 0.387. The Kier molecular flexibility index (Phi) is 1.94. The van der Waals surface area contributed by atoms with E-state index in [0.717, 1.165) is 16.5 Å². The van der Waals surface area contributed by atoms with Crippen molar-refractivity contribution in [1.82, 2.24) is 4.98 Å². The third-order valence-corrected chi connectivity index (χ3v) is 2.11. The van der Waals surface area contributed by atoms with Gasteiger partial charge in [0, 0.05) is 17.1 Å². The standard InChI is InChI=1S/C10H8N2S/c11-10(13)8-5-7-3-1-2-4-9(7)12-6-8/h1-6H,(H2,11,13). The molecule has 0 bridgehead atoms. The van der Waals surface area contributed by atoms with Crippen molar-refractivity contribution in [2.75, 3.05) is 0 Å². The first kappa shape index (κ1) is 8.13. The predicted molar refractivity (Wildman–Crippen MR) is 57.6 cm³/mol. The van der Waals surface area contributed by atoms with Gasteiger partial charge < -0.3 is 5.73 Å². The molecule has 1 aromatic carbocycles. The maximum atomic E-state index is 5.50. The zero-order valence-corrected chi connectivity index (χ0v) is 7.71. The van der Waals surface area contributed by atoms with Crippen LogP contribution in [0.25, 0.3) is 10.9 Å². The van der Waals surface area contributed by atoms with E-state index in [4.69, 9.17) is 18.0 Å². The number of thiocarbonyl (C=S) groups is 1. The van der Waals surface area contributed by atoms with E-state index in [2.05, 4.69) is 4.98 Å². The summed E-state index contributed by atoms with van der Waals surface area (Å²) in [7, 11) is 0. The van der Waals surface area contributed by atoms with Crippen molar-refractivity contribution in [1.29, 1.82) is 0 Å². The number of rotatable bonds is 1. The van der Waals surface area contributed by atoms with Crippen molar-refractivity contribution in [2.24, 2.45) is 5.73 Å². The Morgan fingerprint density at radius 1 is 1.31 bits per heavy atom. The summed E-state index contributed by atoms with van der Waals surface area (Å²) >= 11 is 4.86. The van der Waals surface area contributed by atoms with Gasteiger partial charge in [0.1, 0.15) is 4.99 Å². The van der Waals surface area contributed by atoms with Crippen LogP contribution in [0.15, 0.2) is 36.5 Å². The number of fused-ring (bicyclic) bond motifs is 1. The molecule has 13 heavy (non-hydrogen) atoms. The lowest BCUT2D eigenvalue weighted by Crippen LogP contribution is -2.09. The molecule has 0 saturated heterocycles. The first-order valence-electron chi connectivity index (χ1n) is 3.92. The van der Waals surface area contributed by atoms with Gasteiger partial charge in [-0.3, -0.25) is 4.98 Å². The number of hydrogen-bond donors (Lipinski definition) is 1. The van der Waals surface area contributed by atoms with Crippen LogP contribution in [-0.4, -0.2) is 9.97 Å². The molecule has 2 aromatic rings. The number of nitrogens with zero attached hydrogens (tertiary/aromatic N) is 1. The maximum absolute atomic E-state index is 5.50. The Labute approximate surface area is 81.4 Å². The van der Waals surface area contributed by atoms with Gasteiger partial charge in [0.05, 0.1) is 5.52 Å². The summed E-state index contributed by atoms with van der Waals surface area (Å²) in [5.41, 5.74) is 7.27. The maximum Gasteiger partial charge on any atom is 0.105 e. The quantitative estimate of drug-likeness (QED) is 0.694. The zero-order valence-electron chi connectivity index (χ0n) is 6.90. The zero-order chi connectivity index (χ0) is 9.26. The second-order valence-electron chi connectivity index (χ2n) is 2.78. The minimum atomic E-state index is 0.387. The highest BCUT2D eigenvalue weighted by Crippen LogP contribution is 2.12. The van der Waals surface area contributed by atoms with Crippen LogP contribution in [0, 0.1) is 0 Å². The molecule has 2 rings (SSSR count). The molecule has 2 nitrogen and oxygen atoms in total. The molecule has 0 unspecified atom stereocenters. The number of para-hydroxylation sites is 1. The summed E-state index contributed by atoms with van der Waals surface area (Å²) in [5.74, 6) is 0. The molecule has 0 atom stereocenters. The fraction of sp³-hybridized carbons (Fsp3) is 0. The summed E-state index contributed by atoms with van der Waals surface area (Å²) in [6.45, 7) is 0. The number of nitrogens with two attached hydrogens (primary N) is 1. The van der Waals surface area contributed by atoms with Crippen LogP contribution in [0.2, 0.25) is 0 Å². The Morgan fingerprint density at radius 2 is 2.08 bits per heavy atom. The van der Waals surface area contributed by atoms with Crippen molar-refractivity contribution >= 4 is 28.1 Å². The van der Waals surface area contributed by atoms with Crippen LogP contribution in [0.4, 0.5) is 0 Å². The summed E-state index contributed by atoms with van der Waals surface area (Å²) in [6.07, 6.45) is 1.70. The van der Waals surface area contributed by atoms with Crippen molar-refractivity contribution in [3.05, 3.63) is 42.1 Å². The summed E-state index contributed by atoms with van der Waals surface area (Å²) < 4.78 is 0. The predicted octanol–water partition coefficient (Wildman–Crippen LogP) is 1.87. The fourth-order valence-electron chi connectivity index (χ4n) is 1.21.